The Kier molecular flexibility index (Phi) is 6.12. The summed E-state index contributed by atoms with van der Waals surface area (Å²) in [5.41, 5.74) is 2.47. The molecule has 0 bridgehead atoms. The molecular formula is C32H30F2N6O3. The normalized spacial score (nSPS) is 18.6. The van der Waals surface area contributed by atoms with Crippen LogP contribution in [0.15, 0.2) is 48.2 Å². The van der Waals surface area contributed by atoms with Crippen molar-refractivity contribution in [2.45, 2.75) is 51.7 Å². The molecule has 0 unspecified atom stereocenters. The minimum atomic E-state index is -0.960. The van der Waals surface area contributed by atoms with E-state index in [0.29, 0.717) is 64.4 Å². The van der Waals surface area contributed by atoms with Crippen LogP contribution in [0, 0.1) is 18.6 Å². The van der Waals surface area contributed by atoms with Gasteiger partial charge in [0.05, 0.1) is 17.6 Å². The lowest BCUT2D eigenvalue weighted by molar-refractivity contribution is -0.126. The highest BCUT2D eigenvalue weighted by Gasteiger charge is 2.43. The molecule has 0 spiro atoms. The molecule has 1 aliphatic carbocycles. The maximum atomic E-state index is 15.4. The minimum absolute atomic E-state index is 0.00145. The topological polar surface area (TPSA) is 93.5 Å². The van der Waals surface area contributed by atoms with Crippen LogP contribution in [0.25, 0.3) is 27.7 Å². The van der Waals surface area contributed by atoms with Crippen LogP contribution in [-0.2, 0) is 16.8 Å². The van der Waals surface area contributed by atoms with Gasteiger partial charge >= 0.3 is 5.69 Å². The van der Waals surface area contributed by atoms with E-state index < -0.39 is 17.3 Å². The van der Waals surface area contributed by atoms with E-state index in [1.807, 2.05) is 24.8 Å². The smallest absolute Gasteiger partial charge is 0.354 e. The van der Waals surface area contributed by atoms with Crippen molar-refractivity contribution in [1.82, 2.24) is 24.4 Å². The largest absolute Gasteiger partial charge is 0.486 e. The highest BCUT2D eigenvalue weighted by Crippen LogP contribution is 2.50. The highest BCUT2D eigenvalue weighted by molar-refractivity contribution is 6.02. The van der Waals surface area contributed by atoms with Gasteiger partial charge in [0.2, 0.25) is 5.91 Å². The first-order chi connectivity index (χ1) is 20.6. The molecule has 2 aromatic heterocycles. The molecular weight excluding hydrogens is 554 g/mol. The fraction of sp³-hybridized carbons (Fsp3) is 0.344. The SMILES string of the molecule is C=CC(=O)N1CCN(c2nc(=O)n(-c3cncnc3C3(C)CC3)c3c4c(c(C)cc23)-c2c(ccc(F)c2F)CO4)[C@@H](C)C1. The number of rotatable bonds is 4. The first-order valence-electron chi connectivity index (χ1n) is 14.3. The number of hydrogen-bond acceptors (Lipinski definition) is 7. The number of hydrogen-bond donors (Lipinski definition) is 0. The van der Waals surface area contributed by atoms with E-state index in [0.717, 1.165) is 18.9 Å². The number of carbonyl (C=O) groups is 1. The summed E-state index contributed by atoms with van der Waals surface area (Å²) in [6.07, 6.45) is 6.18. The van der Waals surface area contributed by atoms with E-state index in [-0.39, 0.29) is 35.3 Å². The third-order valence-corrected chi connectivity index (χ3v) is 9.00. The van der Waals surface area contributed by atoms with E-state index in [1.165, 1.54) is 23.0 Å². The Morgan fingerprint density at radius 2 is 2.00 bits per heavy atom. The van der Waals surface area contributed by atoms with Gasteiger partial charge in [0.15, 0.2) is 17.4 Å². The van der Waals surface area contributed by atoms with E-state index >= 15 is 4.39 Å². The van der Waals surface area contributed by atoms with Crippen LogP contribution in [0.1, 0.15) is 43.5 Å². The van der Waals surface area contributed by atoms with Gasteiger partial charge in [-0.25, -0.2) is 23.5 Å². The third kappa shape index (κ3) is 4.12. The van der Waals surface area contributed by atoms with Crippen LogP contribution in [0.4, 0.5) is 14.6 Å². The molecule has 1 saturated heterocycles. The molecule has 1 amide bonds. The van der Waals surface area contributed by atoms with Gasteiger partial charge in [-0.2, -0.15) is 4.98 Å². The molecule has 1 saturated carbocycles. The number of amides is 1. The summed E-state index contributed by atoms with van der Waals surface area (Å²) in [4.78, 5) is 43.7. The fourth-order valence-electron chi connectivity index (χ4n) is 6.47. The summed E-state index contributed by atoms with van der Waals surface area (Å²) in [5.74, 6) is -1.36. The summed E-state index contributed by atoms with van der Waals surface area (Å²) in [7, 11) is 0. The molecule has 0 N–H and O–H groups in total. The van der Waals surface area contributed by atoms with Crippen LogP contribution in [0.2, 0.25) is 0 Å². The third-order valence-electron chi connectivity index (χ3n) is 9.00. The number of halogens is 2. The Hall–Kier alpha value is -4.67. The number of fused-ring (bicyclic) bond motifs is 5. The van der Waals surface area contributed by atoms with Crippen molar-refractivity contribution < 1.29 is 18.3 Å². The van der Waals surface area contributed by atoms with Gasteiger partial charge in [0, 0.05) is 53.2 Å². The zero-order valence-corrected chi connectivity index (χ0v) is 24.2. The Morgan fingerprint density at radius 3 is 2.72 bits per heavy atom. The molecule has 2 fully saturated rings. The van der Waals surface area contributed by atoms with Crippen LogP contribution in [0.3, 0.4) is 0 Å². The number of ether oxygens (including phenoxy) is 1. The predicted molar refractivity (Wildman–Crippen MR) is 158 cm³/mol. The van der Waals surface area contributed by atoms with Gasteiger partial charge in [-0.05, 0) is 50.5 Å². The van der Waals surface area contributed by atoms with Crippen molar-refractivity contribution >= 4 is 22.6 Å². The van der Waals surface area contributed by atoms with E-state index in [9.17, 15) is 14.0 Å². The number of anilines is 1. The molecule has 2 aliphatic heterocycles. The lowest BCUT2D eigenvalue weighted by atomic mass is 9.90. The summed E-state index contributed by atoms with van der Waals surface area (Å²) < 4.78 is 37.8. The number of piperazine rings is 1. The lowest BCUT2D eigenvalue weighted by Crippen LogP contribution is -2.54. The van der Waals surface area contributed by atoms with Gasteiger partial charge in [0.25, 0.3) is 0 Å². The quantitative estimate of drug-likeness (QED) is 0.324. The standard InChI is InChI=1S/C32H30F2N6O3/c1-5-23(41)38-10-11-39(18(3)14-38)30-20-12-17(2)24-25-19(6-7-21(33)26(25)34)15-43-28(24)27(20)40(31(42)37-30)22-13-35-16-36-29(22)32(4)8-9-32/h5-7,12-13,16,18H,1,8-11,14-15H2,2-4H3/t18-/m0/s1. The maximum Gasteiger partial charge on any atom is 0.354 e. The molecule has 3 aliphatic rings. The summed E-state index contributed by atoms with van der Waals surface area (Å²) in [6.45, 7) is 10.7. The van der Waals surface area contributed by atoms with Crippen LogP contribution >= 0.6 is 0 Å². The second-order valence-electron chi connectivity index (χ2n) is 11.9. The average Bonchev–Trinajstić information content (AvgIpc) is 3.76. The van der Waals surface area contributed by atoms with Crippen LogP contribution in [-0.4, -0.2) is 56.0 Å². The molecule has 4 heterocycles. The van der Waals surface area contributed by atoms with Crippen LogP contribution in [0.5, 0.6) is 5.75 Å². The zero-order chi connectivity index (χ0) is 30.2. The second kappa shape index (κ2) is 9.68. The monoisotopic (exact) mass is 584 g/mol. The Morgan fingerprint density at radius 1 is 1.21 bits per heavy atom. The predicted octanol–water partition coefficient (Wildman–Crippen LogP) is 4.60. The molecule has 220 valence electrons. The molecule has 0 radical (unpaired) electrons. The second-order valence-corrected chi connectivity index (χ2v) is 11.9. The number of aromatic nitrogens is 4. The van der Waals surface area contributed by atoms with Gasteiger partial charge in [0.1, 0.15) is 24.3 Å². The number of aryl methyl sites for hydroxylation is 1. The lowest BCUT2D eigenvalue weighted by Gasteiger charge is -2.40. The molecule has 43 heavy (non-hydrogen) atoms. The van der Waals surface area contributed by atoms with Crippen molar-refractivity contribution in [1.29, 1.82) is 0 Å². The molecule has 2 aromatic carbocycles. The van der Waals surface area contributed by atoms with Crippen molar-refractivity contribution in [3.05, 3.63) is 82.3 Å². The molecule has 7 rings (SSSR count). The minimum Gasteiger partial charge on any atom is -0.486 e. The van der Waals surface area contributed by atoms with Gasteiger partial charge in [-0.15, -0.1) is 0 Å². The van der Waals surface area contributed by atoms with E-state index in [4.69, 9.17) is 4.74 Å². The Labute approximate surface area is 246 Å². The van der Waals surface area contributed by atoms with Crippen molar-refractivity contribution in [3.8, 4) is 22.6 Å². The summed E-state index contributed by atoms with van der Waals surface area (Å²) in [6, 6.07) is 4.30. The number of nitrogens with zero attached hydrogens (tertiary/aromatic N) is 6. The first kappa shape index (κ1) is 27.2. The van der Waals surface area contributed by atoms with Crippen molar-refractivity contribution in [3.63, 3.8) is 0 Å². The zero-order valence-electron chi connectivity index (χ0n) is 24.2. The highest BCUT2D eigenvalue weighted by atomic mass is 19.2. The summed E-state index contributed by atoms with van der Waals surface area (Å²) in [5, 5.41) is 0.613. The molecule has 1 atom stereocenters. The number of carbonyl (C=O) groups excluding carboxylic acids is 1. The first-order valence-corrected chi connectivity index (χ1v) is 14.3. The van der Waals surface area contributed by atoms with Crippen LogP contribution < -0.4 is 15.3 Å². The van der Waals surface area contributed by atoms with Crippen molar-refractivity contribution in [2.75, 3.05) is 24.5 Å². The summed E-state index contributed by atoms with van der Waals surface area (Å²) >= 11 is 0. The Bertz CT molecular complexity index is 1920. The fourth-order valence-corrected chi connectivity index (χ4v) is 6.47. The molecule has 11 heteroatoms. The van der Waals surface area contributed by atoms with Gasteiger partial charge < -0.3 is 14.5 Å². The van der Waals surface area contributed by atoms with E-state index in [2.05, 4.69) is 28.5 Å². The Balaban J connectivity index is 1.54. The van der Waals surface area contributed by atoms with Gasteiger partial charge in [-0.3, -0.25) is 9.36 Å². The molecule has 9 nitrogen and oxygen atoms in total. The van der Waals surface area contributed by atoms with Gasteiger partial charge in [-0.1, -0.05) is 19.6 Å². The number of benzene rings is 2. The van der Waals surface area contributed by atoms with Crippen molar-refractivity contribution in [2.24, 2.45) is 0 Å². The maximum absolute atomic E-state index is 15.4. The molecule has 4 aromatic rings. The van der Waals surface area contributed by atoms with E-state index in [1.54, 1.807) is 11.1 Å². The average molecular weight is 585 g/mol.